The summed E-state index contributed by atoms with van der Waals surface area (Å²) < 4.78 is 5.61. The lowest BCUT2D eigenvalue weighted by Gasteiger charge is -2.04. The number of fused-ring (bicyclic) bond motifs is 1. The zero-order valence-corrected chi connectivity index (χ0v) is 14.8. The zero-order valence-electron chi connectivity index (χ0n) is 14.0. The molecular weight excluding hydrogens is 386 g/mol. The van der Waals surface area contributed by atoms with E-state index in [9.17, 15) is 19.7 Å². The first-order chi connectivity index (χ1) is 13.5. The fourth-order valence-corrected chi connectivity index (χ4v) is 3.05. The molecule has 0 saturated carbocycles. The summed E-state index contributed by atoms with van der Waals surface area (Å²) >= 11 is 6.09. The van der Waals surface area contributed by atoms with Gasteiger partial charge in [0, 0.05) is 17.7 Å². The molecule has 3 aromatic rings. The Kier molecular flexibility index (Phi) is 4.25. The number of furan rings is 1. The van der Waals surface area contributed by atoms with Crippen molar-refractivity contribution in [2.75, 3.05) is 0 Å². The third-order valence-electron chi connectivity index (χ3n) is 4.13. The fourth-order valence-electron chi connectivity index (χ4n) is 2.78. The molecule has 2 amide bonds. The molecular formula is C19H10ClN3O5. The summed E-state index contributed by atoms with van der Waals surface area (Å²) in [5.74, 6) is -0.381. The summed E-state index contributed by atoms with van der Waals surface area (Å²) in [4.78, 5) is 34.8. The van der Waals surface area contributed by atoms with E-state index in [1.807, 2.05) is 0 Å². The van der Waals surface area contributed by atoms with E-state index >= 15 is 0 Å². The summed E-state index contributed by atoms with van der Waals surface area (Å²) in [5.41, 5.74) is 0.922. The van der Waals surface area contributed by atoms with Gasteiger partial charge in [0.15, 0.2) is 0 Å². The van der Waals surface area contributed by atoms with Gasteiger partial charge in [-0.15, -0.1) is 0 Å². The van der Waals surface area contributed by atoms with Crippen molar-refractivity contribution in [3.63, 3.8) is 0 Å². The van der Waals surface area contributed by atoms with Gasteiger partial charge >= 0.3 is 0 Å². The largest absolute Gasteiger partial charge is 0.455 e. The minimum Gasteiger partial charge on any atom is -0.455 e. The van der Waals surface area contributed by atoms with Crippen LogP contribution in [0.3, 0.4) is 0 Å². The molecule has 1 aliphatic rings. The molecule has 4 rings (SSSR count). The van der Waals surface area contributed by atoms with Crippen LogP contribution in [0.25, 0.3) is 11.3 Å². The number of non-ortho nitro benzene ring substituents is 1. The molecule has 138 valence electrons. The molecule has 0 radical (unpaired) electrons. The number of halogens is 1. The summed E-state index contributed by atoms with van der Waals surface area (Å²) in [6, 6.07) is 13.7. The molecule has 0 spiro atoms. The van der Waals surface area contributed by atoms with Crippen molar-refractivity contribution in [3.05, 3.63) is 86.6 Å². The molecule has 0 unspecified atom stereocenters. The molecule has 1 aliphatic heterocycles. The van der Waals surface area contributed by atoms with Crippen LogP contribution in [0, 0.1) is 10.1 Å². The van der Waals surface area contributed by atoms with Gasteiger partial charge in [-0.2, -0.15) is 10.1 Å². The molecule has 0 atom stereocenters. The maximum absolute atomic E-state index is 12.3. The van der Waals surface area contributed by atoms with E-state index in [2.05, 4.69) is 5.10 Å². The topological polar surface area (TPSA) is 106 Å². The Morgan fingerprint density at radius 2 is 1.68 bits per heavy atom. The van der Waals surface area contributed by atoms with Crippen LogP contribution in [0.4, 0.5) is 5.69 Å². The maximum Gasteiger partial charge on any atom is 0.282 e. The Labute approximate surface area is 162 Å². The maximum atomic E-state index is 12.3. The number of benzene rings is 2. The number of hydrazone groups is 1. The second kappa shape index (κ2) is 6.75. The van der Waals surface area contributed by atoms with Gasteiger partial charge < -0.3 is 4.42 Å². The molecule has 28 heavy (non-hydrogen) atoms. The number of carbonyl (C=O) groups excluding carboxylic acids is 2. The van der Waals surface area contributed by atoms with Crippen molar-refractivity contribution in [3.8, 4) is 11.3 Å². The van der Waals surface area contributed by atoms with Crippen LogP contribution in [0.1, 0.15) is 26.5 Å². The van der Waals surface area contributed by atoms with Crippen LogP contribution < -0.4 is 0 Å². The highest BCUT2D eigenvalue weighted by atomic mass is 35.5. The predicted octanol–water partition coefficient (Wildman–Crippen LogP) is 4.14. The molecule has 8 nitrogen and oxygen atoms in total. The quantitative estimate of drug-likeness (QED) is 0.285. The van der Waals surface area contributed by atoms with E-state index in [4.69, 9.17) is 16.0 Å². The number of imide groups is 1. The smallest absolute Gasteiger partial charge is 0.282 e. The number of nitro benzene ring substituents is 1. The number of carbonyl (C=O) groups is 2. The normalized spacial score (nSPS) is 13.4. The summed E-state index contributed by atoms with van der Waals surface area (Å²) in [5, 5.41) is 15.7. The van der Waals surface area contributed by atoms with E-state index in [1.165, 1.54) is 24.4 Å². The molecule has 0 aliphatic carbocycles. The van der Waals surface area contributed by atoms with Gasteiger partial charge in [-0.3, -0.25) is 19.7 Å². The Hall–Kier alpha value is -3.78. The Morgan fingerprint density at radius 3 is 2.29 bits per heavy atom. The van der Waals surface area contributed by atoms with Crippen LogP contribution in [0.2, 0.25) is 5.02 Å². The van der Waals surface area contributed by atoms with Crippen molar-refractivity contribution >= 4 is 35.3 Å². The highest BCUT2D eigenvalue weighted by molar-refractivity contribution is 6.33. The second-order valence-electron chi connectivity index (χ2n) is 5.84. The van der Waals surface area contributed by atoms with Crippen molar-refractivity contribution in [1.82, 2.24) is 5.01 Å². The first-order valence-electron chi connectivity index (χ1n) is 8.01. The number of rotatable bonds is 4. The van der Waals surface area contributed by atoms with Crippen LogP contribution in [0.5, 0.6) is 0 Å². The number of nitro groups is 1. The Balaban J connectivity index is 1.57. The first kappa shape index (κ1) is 17.6. The van der Waals surface area contributed by atoms with E-state index in [0.29, 0.717) is 22.5 Å². The third kappa shape index (κ3) is 2.95. The van der Waals surface area contributed by atoms with Crippen molar-refractivity contribution in [1.29, 1.82) is 0 Å². The molecule has 0 N–H and O–H groups in total. The summed E-state index contributed by atoms with van der Waals surface area (Å²) in [7, 11) is 0. The summed E-state index contributed by atoms with van der Waals surface area (Å²) in [6.45, 7) is 0. The van der Waals surface area contributed by atoms with Gasteiger partial charge in [-0.25, -0.2) is 0 Å². The molecule has 1 aromatic heterocycles. The van der Waals surface area contributed by atoms with E-state index in [1.54, 1.807) is 36.4 Å². The van der Waals surface area contributed by atoms with Crippen molar-refractivity contribution < 1.29 is 18.9 Å². The summed E-state index contributed by atoms with van der Waals surface area (Å²) in [6.07, 6.45) is 1.24. The minimum absolute atomic E-state index is 0.132. The minimum atomic E-state index is -0.544. The lowest BCUT2D eigenvalue weighted by Crippen LogP contribution is -2.23. The average Bonchev–Trinajstić information content (AvgIpc) is 3.24. The van der Waals surface area contributed by atoms with Crippen molar-refractivity contribution in [2.24, 2.45) is 5.10 Å². The standard InChI is InChI=1S/C19H10ClN3O5/c20-16-9-11(23(26)27)5-7-15(16)17-8-6-12(28-17)10-21-22-18(24)13-3-1-2-4-14(13)19(22)25/h1-10H/b21-10-. The fraction of sp³-hybridized carbons (Fsp3) is 0. The lowest BCUT2D eigenvalue weighted by molar-refractivity contribution is -0.384. The van der Waals surface area contributed by atoms with E-state index < -0.39 is 16.7 Å². The van der Waals surface area contributed by atoms with Gasteiger partial charge in [0.25, 0.3) is 17.5 Å². The monoisotopic (exact) mass is 395 g/mol. The van der Waals surface area contributed by atoms with Crippen LogP contribution in [-0.2, 0) is 0 Å². The second-order valence-corrected chi connectivity index (χ2v) is 6.24. The van der Waals surface area contributed by atoms with Gasteiger partial charge in [-0.05, 0) is 30.3 Å². The molecule has 2 heterocycles. The zero-order chi connectivity index (χ0) is 19.8. The van der Waals surface area contributed by atoms with E-state index in [0.717, 1.165) is 5.01 Å². The highest BCUT2D eigenvalue weighted by Gasteiger charge is 2.35. The first-order valence-corrected chi connectivity index (χ1v) is 8.39. The number of nitrogens with zero attached hydrogens (tertiary/aromatic N) is 3. The van der Waals surface area contributed by atoms with Crippen LogP contribution in [0.15, 0.2) is 64.1 Å². The lowest BCUT2D eigenvalue weighted by atomic mass is 10.1. The van der Waals surface area contributed by atoms with E-state index in [-0.39, 0.29) is 16.5 Å². The molecule has 0 saturated heterocycles. The molecule has 2 aromatic carbocycles. The van der Waals surface area contributed by atoms with Gasteiger partial charge in [0.05, 0.1) is 27.3 Å². The third-order valence-corrected chi connectivity index (χ3v) is 4.44. The molecule has 0 bridgehead atoms. The van der Waals surface area contributed by atoms with Crippen LogP contribution in [-0.4, -0.2) is 28.0 Å². The van der Waals surface area contributed by atoms with Gasteiger partial charge in [-0.1, -0.05) is 23.7 Å². The number of hydrogen-bond donors (Lipinski definition) is 0. The molecule has 0 fully saturated rings. The van der Waals surface area contributed by atoms with Crippen molar-refractivity contribution in [2.45, 2.75) is 0 Å². The average molecular weight is 396 g/mol. The Morgan fingerprint density at radius 1 is 1.00 bits per heavy atom. The predicted molar refractivity (Wildman–Crippen MR) is 100 cm³/mol. The van der Waals surface area contributed by atoms with Crippen LogP contribution >= 0.6 is 11.6 Å². The Bertz CT molecular complexity index is 1130. The van der Waals surface area contributed by atoms with Gasteiger partial charge in [0.2, 0.25) is 0 Å². The molecule has 9 heteroatoms. The highest BCUT2D eigenvalue weighted by Crippen LogP contribution is 2.32. The number of amides is 2. The van der Waals surface area contributed by atoms with Gasteiger partial charge in [0.1, 0.15) is 11.5 Å². The number of hydrogen-bond acceptors (Lipinski definition) is 6. The SMILES string of the molecule is O=C1c2ccccc2C(=O)N1/N=C\c1ccc(-c2ccc([N+](=O)[O-])cc2Cl)o1.